The Balaban J connectivity index is 2.42. The third kappa shape index (κ3) is 5.55. The van der Waals surface area contributed by atoms with Crippen LogP contribution >= 0.6 is 11.8 Å². The van der Waals surface area contributed by atoms with Crippen LogP contribution in [0.3, 0.4) is 0 Å². The highest BCUT2D eigenvalue weighted by molar-refractivity contribution is 7.98. The predicted molar refractivity (Wildman–Crippen MR) is 87.0 cm³/mol. The van der Waals surface area contributed by atoms with Gasteiger partial charge in [-0.2, -0.15) is 11.8 Å². The summed E-state index contributed by atoms with van der Waals surface area (Å²) in [6.07, 6.45) is 3.32. The van der Waals surface area contributed by atoms with E-state index in [-0.39, 0.29) is 5.78 Å². The number of likely N-dealkylation sites (N-methyl/N-ethyl adjacent to an activating group) is 1. The summed E-state index contributed by atoms with van der Waals surface area (Å²) < 4.78 is 5.76. The van der Waals surface area contributed by atoms with Crippen LogP contribution in [0.1, 0.15) is 30.6 Å². The molecule has 0 aliphatic carbocycles. The molecule has 0 radical (unpaired) electrons. The first kappa shape index (κ1) is 17.1. The van der Waals surface area contributed by atoms with Crippen LogP contribution < -0.4 is 4.74 Å². The van der Waals surface area contributed by atoms with Gasteiger partial charge in [-0.1, -0.05) is 12.1 Å². The molecule has 1 aromatic carbocycles. The van der Waals surface area contributed by atoms with Gasteiger partial charge < -0.3 is 9.64 Å². The number of carbonyl (C=O) groups excluding carboxylic acids is 1. The molecule has 0 aromatic heterocycles. The number of hydrogen-bond donors (Lipinski definition) is 0. The van der Waals surface area contributed by atoms with Gasteiger partial charge in [-0.3, -0.25) is 4.79 Å². The first-order chi connectivity index (χ1) is 9.56. The number of nitrogens with zero attached hydrogens (tertiary/aromatic N) is 1. The van der Waals surface area contributed by atoms with Gasteiger partial charge in [-0.25, -0.2) is 0 Å². The molecule has 3 nitrogen and oxygen atoms in total. The molecule has 0 saturated heterocycles. The maximum Gasteiger partial charge on any atom is 0.163 e. The normalized spacial score (nSPS) is 12.4. The average Bonchev–Trinajstić information content (AvgIpc) is 2.44. The van der Waals surface area contributed by atoms with Crippen molar-refractivity contribution >= 4 is 17.5 Å². The second-order valence-electron chi connectivity index (χ2n) is 5.01. The summed E-state index contributed by atoms with van der Waals surface area (Å²) >= 11 is 1.88. The lowest BCUT2D eigenvalue weighted by Gasteiger charge is -2.24. The molecule has 20 heavy (non-hydrogen) atoms. The Morgan fingerprint density at radius 1 is 1.40 bits per heavy atom. The lowest BCUT2D eigenvalue weighted by atomic mass is 10.1. The number of carbonyl (C=O) groups is 1. The van der Waals surface area contributed by atoms with E-state index in [1.54, 1.807) is 6.92 Å². The fourth-order valence-corrected chi connectivity index (χ4v) is 2.49. The quantitative estimate of drug-likeness (QED) is 0.654. The van der Waals surface area contributed by atoms with Crippen LogP contribution in [0.2, 0.25) is 0 Å². The number of thioether (sulfide) groups is 1. The van der Waals surface area contributed by atoms with Crippen molar-refractivity contribution in [2.75, 3.05) is 32.2 Å². The Morgan fingerprint density at radius 2 is 2.10 bits per heavy atom. The Morgan fingerprint density at radius 3 is 2.75 bits per heavy atom. The molecule has 0 fully saturated rings. The molecule has 1 aromatic rings. The second kappa shape index (κ2) is 9.03. The van der Waals surface area contributed by atoms with Crippen LogP contribution in [-0.2, 0) is 0 Å². The van der Waals surface area contributed by atoms with Gasteiger partial charge >= 0.3 is 0 Å². The largest absolute Gasteiger partial charge is 0.491 e. The molecule has 4 heteroatoms. The standard InChI is InChI=1S/C16H25NO2S/c1-13(9-12-20-4)17(3)10-11-19-16-8-6-5-7-15(16)14(2)18/h5-8,13H,9-12H2,1-4H3. The summed E-state index contributed by atoms with van der Waals surface area (Å²) in [5.41, 5.74) is 0.658. The summed E-state index contributed by atoms with van der Waals surface area (Å²) in [5, 5.41) is 0. The minimum atomic E-state index is 0.0438. The molecular weight excluding hydrogens is 270 g/mol. The third-order valence-corrected chi connectivity index (χ3v) is 4.10. The minimum absolute atomic E-state index is 0.0438. The van der Waals surface area contributed by atoms with Crippen molar-refractivity contribution in [2.24, 2.45) is 0 Å². The van der Waals surface area contributed by atoms with E-state index in [4.69, 9.17) is 4.74 Å². The zero-order valence-corrected chi connectivity index (χ0v) is 13.7. The molecule has 0 spiro atoms. The Hall–Kier alpha value is -1.00. The van der Waals surface area contributed by atoms with Crippen molar-refractivity contribution in [1.82, 2.24) is 4.90 Å². The van der Waals surface area contributed by atoms with E-state index < -0.39 is 0 Å². The van der Waals surface area contributed by atoms with E-state index in [1.807, 2.05) is 36.0 Å². The number of hydrogen-bond acceptors (Lipinski definition) is 4. The van der Waals surface area contributed by atoms with E-state index in [2.05, 4.69) is 25.1 Å². The van der Waals surface area contributed by atoms with Crippen LogP contribution in [0, 0.1) is 0 Å². The molecule has 0 aliphatic heterocycles. The van der Waals surface area contributed by atoms with Crippen LogP contribution in [0.4, 0.5) is 0 Å². The summed E-state index contributed by atoms with van der Waals surface area (Å²) in [4.78, 5) is 13.8. The predicted octanol–water partition coefficient (Wildman–Crippen LogP) is 3.34. The van der Waals surface area contributed by atoms with Crippen molar-refractivity contribution in [1.29, 1.82) is 0 Å². The zero-order chi connectivity index (χ0) is 15.0. The lowest BCUT2D eigenvalue weighted by molar-refractivity contribution is 0.101. The average molecular weight is 295 g/mol. The van der Waals surface area contributed by atoms with Crippen LogP contribution in [-0.4, -0.2) is 48.9 Å². The van der Waals surface area contributed by atoms with Gasteiger partial charge in [0.25, 0.3) is 0 Å². The summed E-state index contributed by atoms with van der Waals surface area (Å²) in [7, 11) is 2.12. The fraction of sp³-hybridized carbons (Fsp3) is 0.562. The van der Waals surface area contributed by atoms with Crippen LogP contribution in [0.15, 0.2) is 24.3 Å². The van der Waals surface area contributed by atoms with Crippen molar-refractivity contribution in [3.8, 4) is 5.75 Å². The Bertz CT molecular complexity index is 423. The van der Waals surface area contributed by atoms with Gasteiger partial charge in [0.05, 0.1) is 5.56 Å². The highest BCUT2D eigenvalue weighted by Crippen LogP contribution is 2.18. The summed E-state index contributed by atoms with van der Waals surface area (Å²) in [6, 6.07) is 7.97. The molecule has 1 unspecified atom stereocenters. The number of para-hydroxylation sites is 1. The molecule has 112 valence electrons. The Labute approximate surface area is 126 Å². The topological polar surface area (TPSA) is 29.5 Å². The van der Waals surface area contributed by atoms with Gasteiger partial charge in [-0.05, 0) is 51.5 Å². The molecule has 0 aliphatic rings. The molecule has 0 N–H and O–H groups in total. The van der Waals surface area contributed by atoms with Gasteiger partial charge in [-0.15, -0.1) is 0 Å². The molecule has 0 bridgehead atoms. The maximum atomic E-state index is 11.5. The van der Waals surface area contributed by atoms with E-state index in [0.29, 0.717) is 24.0 Å². The summed E-state index contributed by atoms with van der Waals surface area (Å²) in [6.45, 7) is 5.27. The van der Waals surface area contributed by atoms with E-state index in [0.717, 1.165) is 6.54 Å². The number of ether oxygens (including phenoxy) is 1. The van der Waals surface area contributed by atoms with E-state index in [1.165, 1.54) is 12.2 Å². The maximum absolute atomic E-state index is 11.5. The highest BCUT2D eigenvalue weighted by atomic mass is 32.2. The number of benzene rings is 1. The Kier molecular flexibility index (Phi) is 7.70. The lowest BCUT2D eigenvalue weighted by Crippen LogP contribution is -2.33. The fourth-order valence-electron chi connectivity index (χ4n) is 1.91. The molecular formula is C16H25NO2S. The van der Waals surface area contributed by atoms with E-state index >= 15 is 0 Å². The van der Waals surface area contributed by atoms with Crippen LogP contribution in [0.5, 0.6) is 5.75 Å². The van der Waals surface area contributed by atoms with Gasteiger partial charge in [0.2, 0.25) is 0 Å². The monoisotopic (exact) mass is 295 g/mol. The van der Waals surface area contributed by atoms with E-state index in [9.17, 15) is 4.79 Å². The summed E-state index contributed by atoms with van der Waals surface area (Å²) in [5.74, 6) is 1.91. The van der Waals surface area contributed by atoms with Crippen molar-refractivity contribution in [3.05, 3.63) is 29.8 Å². The number of Topliss-reactive ketones (excluding diaryl/α,β-unsaturated/α-hetero) is 1. The SMILES string of the molecule is CSCCC(C)N(C)CCOc1ccccc1C(C)=O. The third-order valence-electron chi connectivity index (χ3n) is 3.46. The molecule has 0 saturated carbocycles. The minimum Gasteiger partial charge on any atom is -0.491 e. The smallest absolute Gasteiger partial charge is 0.163 e. The number of rotatable bonds is 9. The molecule has 0 heterocycles. The van der Waals surface area contributed by atoms with Crippen molar-refractivity contribution < 1.29 is 9.53 Å². The molecule has 1 rings (SSSR count). The zero-order valence-electron chi connectivity index (χ0n) is 12.9. The molecule has 0 amide bonds. The number of ketones is 1. The van der Waals surface area contributed by atoms with Crippen LogP contribution in [0.25, 0.3) is 0 Å². The van der Waals surface area contributed by atoms with Crippen molar-refractivity contribution in [3.63, 3.8) is 0 Å². The van der Waals surface area contributed by atoms with Gasteiger partial charge in [0.15, 0.2) is 5.78 Å². The first-order valence-corrected chi connectivity index (χ1v) is 8.37. The molecule has 1 atom stereocenters. The van der Waals surface area contributed by atoms with Crippen molar-refractivity contribution in [2.45, 2.75) is 26.3 Å². The van der Waals surface area contributed by atoms with Gasteiger partial charge in [0, 0.05) is 12.6 Å². The highest BCUT2D eigenvalue weighted by Gasteiger charge is 2.10. The second-order valence-corrected chi connectivity index (χ2v) is 6.00. The van der Waals surface area contributed by atoms with Gasteiger partial charge in [0.1, 0.15) is 12.4 Å². The first-order valence-electron chi connectivity index (χ1n) is 6.98.